The highest BCUT2D eigenvalue weighted by Crippen LogP contribution is 2.55. The van der Waals surface area contributed by atoms with E-state index in [1.807, 2.05) is 0 Å². The quantitative estimate of drug-likeness (QED) is 0.519. The lowest BCUT2D eigenvalue weighted by Crippen LogP contribution is -2.35. The molecule has 0 aromatic heterocycles. The lowest BCUT2D eigenvalue weighted by molar-refractivity contribution is -0.315. The van der Waals surface area contributed by atoms with Crippen molar-refractivity contribution in [3.8, 4) is 0 Å². The van der Waals surface area contributed by atoms with Crippen molar-refractivity contribution >= 4 is 7.82 Å². The molecule has 7 heteroatoms. The third kappa shape index (κ3) is 3.83. The smallest absolute Gasteiger partial charge is 0.327 e. The molecule has 1 rings (SSSR count). The summed E-state index contributed by atoms with van der Waals surface area (Å²) in [5.74, 6) is -1.64. The molecule has 0 spiro atoms. The van der Waals surface area contributed by atoms with Crippen LogP contribution in [0.25, 0.3) is 0 Å². The minimum atomic E-state index is -3.56. The molecule has 1 fully saturated rings. The number of hydrogen-bond donors (Lipinski definition) is 0. The average Bonchev–Trinajstić information content (AvgIpc) is 2.51. The van der Waals surface area contributed by atoms with Gasteiger partial charge in [-0.15, -0.1) is 0 Å². The molecule has 6 nitrogen and oxygen atoms in total. The molecule has 1 saturated heterocycles. The highest BCUT2D eigenvalue weighted by Gasteiger charge is 2.42. The van der Waals surface area contributed by atoms with Gasteiger partial charge in [-0.1, -0.05) is 0 Å². The molecule has 0 aromatic rings. The summed E-state index contributed by atoms with van der Waals surface area (Å²) in [4.78, 5) is 0. The van der Waals surface area contributed by atoms with Crippen molar-refractivity contribution in [3.63, 3.8) is 0 Å². The molecule has 0 N–H and O–H groups in total. The van der Waals surface area contributed by atoms with E-state index >= 15 is 0 Å². The van der Waals surface area contributed by atoms with E-state index in [0.29, 0.717) is 13.2 Å². The van der Waals surface area contributed by atoms with Crippen molar-refractivity contribution < 1.29 is 27.6 Å². The molecule has 0 amide bonds. The fourth-order valence-corrected chi connectivity index (χ4v) is 2.31. The van der Waals surface area contributed by atoms with Gasteiger partial charge in [0.25, 0.3) is 5.97 Å². The molecule has 0 unspecified atom stereocenters. The van der Waals surface area contributed by atoms with Gasteiger partial charge in [-0.05, 0) is 13.8 Å². The van der Waals surface area contributed by atoms with Crippen molar-refractivity contribution in [2.24, 2.45) is 0 Å². The molecular weight excluding hydrogens is 223 g/mol. The molecule has 1 aliphatic heterocycles. The zero-order valence-electron chi connectivity index (χ0n) is 8.93. The zero-order chi connectivity index (χ0) is 11.4. The van der Waals surface area contributed by atoms with E-state index in [0.717, 1.165) is 0 Å². The Kier molecular flexibility index (Phi) is 4.70. The van der Waals surface area contributed by atoms with Crippen LogP contribution in [-0.4, -0.2) is 32.4 Å². The van der Waals surface area contributed by atoms with Gasteiger partial charge >= 0.3 is 7.82 Å². The first-order chi connectivity index (χ1) is 7.04. The molecule has 1 aliphatic rings. The number of phosphoric ester groups is 1. The summed E-state index contributed by atoms with van der Waals surface area (Å²) in [5.41, 5.74) is 0. The van der Waals surface area contributed by atoms with Crippen molar-refractivity contribution in [2.75, 3.05) is 26.4 Å². The van der Waals surface area contributed by atoms with E-state index in [9.17, 15) is 4.57 Å². The largest absolute Gasteiger partial charge is 0.479 e. The Morgan fingerprint density at radius 3 is 2.13 bits per heavy atom. The Morgan fingerprint density at radius 2 is 1.73 bits per heavy atom. The van der Waals surface area contributed by atoms with Crippen LogP contribution >= 0.6 is 7.82 Å². The molecule has 89 valence electrons. The number of rotatable bonds is 6. The third-order valence-electron chi connectivity index (χ3n) is 1.56. The van der Waals surface area contributed by atoms with E-state index in [2.05, 4.69) is 6.92 Å². The van der Waals surface area contributed by atoms with Crippen LogP contribution in [-0.2, 0) is 27.6 Å². The van der Waals surface area contributed by atoms with Gasteiger partial charge in [-0.25, -0.2) is 9.09 Å². The van der Waals surface area contributed by atoms with Crippen LogP contribution in [0.4, 0.5) is 0 Å². The standard InChI is InChI=1S/C8H16O6P/c1-4-10-8(3,11-5-2)14-15(9)12-6-7-13-15/h3-7H2,1-2H3. The van der Waals surface area contributed by atoms with Gasteiger partial charge in [0.05, 0.1) is 13.2 Å². The van der Waals surface area contributed by atoms with Crippen LogP contribution in [0, 0.1) is 6.92 Å². The fraction of sp³-hybridized carbons (Fsp3) is 0.875. The predicted octanol–water partition coefficient (Wildman–Crippen LogP) is 1.72. The maximum Gasteiger partial charge on any atom is 0.479 e. The second kappa shape index (κ2) is 5.39. The summed E-state index contributed by atoms with van der Waals surface area (Å²) >= 11 is 0. The van der Waals surface area contributed by atoms with E-state index in [1.165, 1.54) is 0 Å². The first-order valence-electron chi connectivity index (χ1n) is 4.77. The minimum absolute atomic E-state index is 0.228. The Hall–Kier alpha value is 0.0300. The summed E-state index contributed by atoms with van der Waals surface area (Å²) in [7, 11) is -3.56. The maximum absolute atomic E-state index is 11.7. The number of phosphoric acid groups is 1. The van der Waals surface area contributed by atoms with Crippen molar-refractivity contribution in [1.82, 2.24) is 0 Å². The summed E-state index contributed by atoms with van der Waals surface area (Å²) in [6.45, 7) is 8.12. The van der Waals surface area contributed by atoms with Gasteiger partial charge < -0.3 is 9.47 Å². The topological polar surface area (TPSA) is 63.2 Å². The van der Waals surface area contributed by atoms with E-state index in [1.54, 1.807) is 13.8 Å². The minimum Gasteiger partial charge on any atom is -0.327 e. The lowest BCUT2D eigenvalue weighted by atomic mass is 10.6. The van der Waals surface area contributed by atoms with Crippen LogP contribution in [0.1, 0.15) is 13.8 Å². The van der Waals surface area contributed by atoms with E-state index < -0.39 is 13.8 Å². The molecule has 0 aromatic carbocycles. The van der Waals surface area contributed by atoms with Gasteiger partial charge in [0.15, 0.2) is 0 Å². The van der Waals surface area contributed by atoms with Gasteiger partial charge in [-0.2, -0.15) is 0 Å². The molecule has 1 radical (unpaired) electrons. The van der Waals surface area contributed by atoms with Crippen LogP contribution in [0.5, 0.6) is 0 Å². The van der Waals surface area contributed by atoms with Crippen LogP contribution in [0.3, 0.4) is 0 Å². The molecule has 15 heavy (non-hydrogen) atoms. The van der Waals surface area contributed by atoms with Crippen molar-refractivity contribution in [2.45, 2.75) is 19.8 Å². The maximum atomic E-state index is 11.7. The monoisotopic (exact) mass is 239 g/mol. The third-order valence-corrected chi connectivity index (χ3v) is 3.06. The second-order valence-electron chi connectivity index (χ2n) is 2.75. The van der Waals surface area contributed by atoms with Crippen molar-refractivity contribution in [1.29, 1.82) is 0 Å². The molecule has 0 saturated carbocycles. The van der Waals surface area contributed by atoms with Crippen LogP contribution in [0.15, 0.2) is 0 Å². The Morgan fingerprint density at radius 1 is 1.27 bits per heavy atom. The number of hydrogen-bond acceptors (Lipinski definition) is 6. The Balaban J connectivity index is 2.60. The van der Waals surface area contributed by atoms with Gasteiger partial charge in [0.1, 0.15) is 0 Å². The van der Waals surface area contributed by atoms with E-state index in [-0.39, 0.29) is 13.2 Å². The SMILES string of the molecule is [CH2]C(OCC)(OCC)OP1(=O)OCCO1. The Bertz CT molecular complexity index is 227. The van der Waals surface area contributed by atoms with Gasteiger partial charge in [-0.3, -0.25) is 9.05 Å². The van der Waals surface area contributed by atoms with Crippen molar-refractivity contribution in [3.05, 3.63) is 6.92 Å². The molecule has 0 bridgehead atoms. The molecule has 0 aliphatic carbocycles. The Labute approximate surface area is 89.4 Å². The van der Waals surface area contributed by atoms with E-state index in [4.69, 9.17) is 23.0 Å². The summed E-state index contributed by atoms with van der Waals surface area (Å²) in [6, 6.07) is 0. The average molecular weight is 239 g/mol. The normalized spacial score (nSPS) is 20.7. The fourth-order valence-electron chi connectivity index (χ4n) is 1.09. The second-order valence-corrected chi connectivity index (χ2v) is 4.35. The summed E-state index contributed by atoms with van der Waals surface area (Å²) in [6.07, 6.45) is 0. The highest BCUT2D eigenvalue weighted by atomic mass is 31.2. The van der Waals surface area contributed by atoms with Gasteiger partial charge in [0, 0.05) is 20.1 Å². The summed E-state index contributed by atoms with van der Waals surface area (Å²) in [5, 5.41) is 0. The predicted molar refractivity (Wildman–Crippen MR) is 51.9 cm³/mol. The van der Waals surface area contributed by atoms with Gasteiger partial charge in [0.2, 0.25) is 0 Å². The zero-order valence-corrected chi connectivity index (χ0v) is 9.83. The molecule has 1 heterocycles. The first kappa shape index (κ1) is 13.1. The summed E-state index contributed by atoms with van der Waals surface area (Å²) < 4.78 is 36.6. The first-order valence-corrected chi connectivity index (χ1v) is 6.23. The molecule has 0 atom stereocenters. The lowest BCUT2D eigenvalue weighted by Gasteiger charge is -2.29. The van der Waals surface area contributed by atoms with Crippen LogP contribution in [0.2, 0.25) is 0 Å². The highest BCUT2D eigenvalue weighted by molar-refractivity contribution is 7.48. The molecular formula is C8H16O6P. The van der Waals surface area contributed by atoms with Crippen LogP contribution < -0.4 is 0 Å². The number of ether oxygens (including phenoxy) is 2.